The number of carbonyl (C=O) groups is 2. The number of hydrogen-bond donors (Lipinski definition) is 0. The summed E-state index contributed by atoms with van der Waals surface area (Å²) in [5.74, 6) is -0.590. The number of ether oxygens (including phenoxy) is 1. The maximum absolute atomic E-state index is 13.7. The number of amides is 1. The van der Waals surface area contributed by atoms with Crippen LogP contribution >= 0.6 is 11.3 Å². The largest absolute Gasteiger partial charge is 0.462 e. The van der Waals surface area contributed by atoms with E-state index in [1.807, 2.05) is 70.6 Å². The number of piperazine rings is 1. The standard InChI is InChI=1S/C25H30N4O4S.CH4/c1-4-33-25(32)21-22(27-12-14-28(15-13-27)23(30)20-10-7-17-34-20)18-8-5-6-9-19(18)29(24(21)31)16-11-26(2)3;/h5-10,17H,4,11-16H2,1-3H3;1H4. The van der Waals surface area contributed by atoms with Crippen molar-refractivity contribution in [3.63, 3.8) is 0 Å². The Bertz CT molecular complexity index is 1230. The van der Waals surface area contributed by atoms with Gasteiger partial charge >= 0.3 is 5.97 Å². The lowest BCUT2D eigenvalue weighted by molar-refractivity contribution is 0.0523. The maximum atomic E-state index is 13.7. The van der Waals surface area contributed by atoms with Gasteiger partial charge in [-0.2, -0.15) is 0 Å². The van der Waals surface area contributed by atoms with E-state index in [0.717, 1.165) is 15.8 Å². The number of esters is 1. The molecule has 0 atom stereocenters. The summed E-state index contributed by atoms with van der Waals surface area (Å²) in [6.45, 7) is 5.11. The number of rotatable bonds is 7. The Labute approximate surface area is 210 Å². The Balaban J connectivity index is 0.00000342. The van der Waals surface area contributed by atoms with E-state index in [-0.39, 0.29) is 31.1 Å². The summed E-state index contributed by atoms with van der Waals surface area (Å²) in [7, 11) is 3.90. The highest BCUT2D eigenvalue weighted by Gasteiger charge is 2.30. The lowest BCUT2D eigenvalue weighted by atomic mass is 10.1. The molecule has 188 valence electrons. The van der Waals surface area contributed by atoms with E-state index in [9.17, 15) is 14.4 Å². The minimum absolute atomic E-state index is 0. The third-order valence-electron chi connectivity index (χ3n) is 6.01. The first-order valence-corrected chi connectivity index (χ1v) is 12.4. The fourth-order valence-electron chi connectivity index (χ4n) is 4.32. The van der Waals surface area contributed by atoms with Crippen LogP contribution in [-0.2, 0) is 11.3 Å². The molecule has 3 heterocycles. The molecule has 1 saturated heterocycles. The van der Waals surface area contributed by atoms with Gasteiger partial charge in [0.25, 0.3) is 11.5 Å². The molecule has 1 aliphatic rings. The first-order chi connectivity index (χ1) is 16.4. The Kier molecular flexibility index (Phi) is 8.69. The zero-order valence-electron chi connectivity index (χ0n) is 19.8. The number of benzene rings is 1. The van der Waals surface area contributed by atoms with Crippen molar-refractivity contribution >= 4 is 39.8 Å². The monoisotopic (exact) mass is 498 g/mol. The van der Waals surface area contributed by atoms with Gasteiger partial charge in [-0.25, -0.2) is 4.79 Å². The van der Waals surface area contributed by atoms with Crippen LogP contribution in [0.3, 0.4) is 0 Å². The molecule has 1 amide bonds. The second kappa shape index (κ2) is 11.5. The lowest BCUT2D eigenvalue weighted by Gasteiger charge is -2.37. The van der Waals surface area contributed by atoms with Gasteiger partial charge in [0.05, 0.1) is 22.7 Å². The molecule has 1 aliphatic heterocycles. The summed E-state index contributed by atoms with van der Waals surface area (Å²) < 4.78 is 6.99. The molecule has 0 N–H and O–H groups in total. The van der Waals surface area contributed by atoms with Crippen molar-refractivity contribution in [1.29, 1.82) is 0 Å². The van der Waals surface area contributed by atoms with Crippen LogP contribution in [0.2, 0.25) is 0 Å². The summed E-state index contributed by atoms with van der Waals surface area (Å²) >= 11 is 1.43. The molecule has 3 aromatic rings. The summed E-state index contributed by atoms with van der Waals surface area (Å²) in [6, 6.07) is 11.4. The number of thiophene rings is 1. The molecule has 0 radical (unpaired) electrons. The number of fused-ring (bicyclic) bond motifs is 1. The number of aromatic nitrogens is 1. The summed E-state index contributed by atoms with van der Waals surface area (Å²) in [5.41, 5.74) is 1.11. The normalized spacial score (nSPS) is 13.7. The fourth-order valence-corrected chi connectivity index (χ4v) is 5.01. The van der Waals surface area contributed by atoms with Crippen LogP contribution < -0.4 is 10.5 Å². The average molecular weight is 499 g/mol. The predicted molar refractivity (Wildman–Crippen MR) is 142 cm³/mol. The molecule has 1 aromatic carbocycles. The second-order valence-electron chi connectivity index (χ2n) is 8.48. The lowest BCUT2D eigenvalue weighted by Crippen LogP contribution is -2.49. The van der Waals surface area contributed by atoms with E-state index in [0.29, 0.717) is 45.0 Å². The van der Waals surface area contributed by atoms with Crippen LogP contribution in [-0.4, -0.2) is 79.7 Å². The highest BCUT2D eigenvalue weighted by atomic mass is 32.1. The quantitative estimate of drug-likeness (QED) is 0.465. The van der Waals surface area contributed by atoms with Crippen molar-refractivity contribution in [1.82, 2.24) is 14.4 Å². The number of anilines is 1. The van der Waals surface area contributed by atoms with Crippen molar-refractivity contribution in [3.8, 4) is 0 Å². The van der Waals surface area contributed by atoms with Gasteiger partial charge < -0.3 is 24.0 Å². The van der Waals surface area contributed by atoms with Gasteiger partial charge in [0, 0.05) is 44.7 Å². The molecule has 0 bridgehead atoms. The molecule has 8 nitrogen and oxygen atoms in total. The molecule has 0 unspecified atom stereocenters. The number of nitrogens with zero attached hydrogens (tertiary/aromatic N) is 4. The molecule has 1 fully saturated rings. The van der Waals surface area contributed by atoms with Crippen molar-refractivity contribution in [3.05, 3.63) is 62.6 Å². The Morgan fingerprint density at radius 3 is 2.40 bits per heavy atom. The van der Waals surface area contributed by atoms with Gasteiger partial charge in [-0.05, 0) is 38.5 Å². The SMILES string of the molecule is C.CCOC(=O)c1c(N2CCN(C(=O)c3cccs3)CC2)c2ccccc2n(CCN(C)C)c1=O. The molecule has 0 aliphatic carbocycles. The predicted octanol–water partition coefficient (Wildman–Crippen LogP) is 3.40. The van der Waals surface area contributed by atoms with Crippen LogP contribution in [0.25, 0.3) is 10.9 Å². The molecule has 0 saturated carbocycles. The maximum Gasteiger partial charge on any atom is 0.345 e. The molecule has 0 spiro atoms. The van der Waals surface area contributed by atoms with Crippen LogP contribution in [0.1, 0.15) is 34.4 Å². The highest BCUT2D eigenvalue weighted by molar-refractivity contribution is 7.12. The Morgan fingerprint density at radius 2 is 1.77 bits per heavy atom. The number of likely N-dealkylation sites (N-methyl/N-ethyl adjacent to an activating group) is 1. The number of hydrogen-bond acceptors (Lipinski definition) is 7. The summed E-state index contributed by atoms with van der Waals surface area (Å²) in [4.78, 5) is 46.1. The Hall–Kier alpha value is -3.17. The van der Waals surface area contributed by atoms with E-state index < -0.39 is 5.97 Å². The molecular weight excluding hydrogens is 464 g/mol. The van der Waals surface area contributed by atoms with Gasteiger partial charge in [-0.3, -0.25) is 9.59 Å². The molecular formula is C26H34N4O4S. The van der Waals surface area contributed by atoms with Crippen LogP contribution in [0, 0.1) is 0 Å². The van der Waals surface area contributed by atoms with E-state index in [1.54, 1.807) is 11.5 Å². The van der Waals surface area contributed by atoms with E-state index in [2.05, 4.69) is 0 Å². The fraction of sp³-hybridized carbons (Fsp3) is 0.423. The van der Waals surface area contributed by atoms with Crippen LogP contribution in [0.4, 0.5) is 5.69 Å². The summed E-state index contributed by atoms with van der Waals surface area (Å²) in [5, 5.41) is 2.73. The van der Waals surface area contributed by atoms with Crippen molar-refractivity contribution < 1.29 is 14.3 Å². The molecule has 2 aromatic heterocycles. The van der Waals surface area contributed by atoms with Gasteiger partial charge in [-0.1, -0.05) is 31.7 Å². The van der Waals surface area contributed by atoms with Crippen LogP contribution in [0.5, 0.6) is 0 Å². The van der Waals surface area contributed by atoms with Crippen LogP contribution in [0.15, 0.2) is 46.6 Å². The average Bonchev–Trinajstić information content (AvgIpc) is 3.37. The van der Waals surface area contributed by atoms with E-state index in [1.165, 1.54) is 11.3 Å². The number of pyridine rings is 1. The van der Waals surface area contributed by atoms with Gasteiger partial charge in [0.1, 0.15) is 5.56 Å². The van der Waals surface area contributed by atoms with E-state index in [4.69, 9.17) is 4.74 Å². The zero-order valence-corrected chi connectivity index (χ0v) is 20.6. The highest BCUT2D eigenvalue weighted by Crippen LogP contribution is 2.31. The van der Waals surface area contributed by atoms with Gasteiger partial charge in [0.2, 0.25) is 0 Å². The first-order valence-electron chi connectivity index (χ1n) is 11.5. The van der Waals surface area contributed by atoms with Gasteiger partial charge in [0.15, 0.2) is 0 Å². The molecule has 35 heavy (non-hydrogen) atoms. The third kappa shape index (κ3) is 5.41. The molecule has 9 heteroatoms. The van der Waals surface area contributed by atoms with Crippen molar-refractivity contribution in [2.75, 3.05) is 58.3 Å². The zero-order chi connectivity index (χ0) is 24.2. The van der Waals surface area contributed by atoms with Gasteiger partial charge in [-0.15, -0.1) is 11.3 Å². The summed E-state index contributed by atoms with van der Waals surface area (Å²) in [6.07, 6.45) is 0. The Morgan fingerprint density at radius 1 is 1.06 bits per heavy atom. The smallest absolute Gasteiger partial charge is 0.345 e. The second-order valence-corrected chi connectivity index (χ2v) is 9.43. The minimum atomic E-state index is -0.607. The first kappa shape index (κ1) is 26.4. The third-order valence-corrected chi connectivity index (χ3v) is 6.87. The van der Waals surface area contributed by atoms with E-state index >= 15 is 0 Å². The minimum Gasteiger partial charge on any atom is -0.462 e. The number of carbonyl (C=O) groups excluding carboxylic acids is 2. The topological polar surface area (TPSA) is 75.1 Å². The number of para-hydroxylation sites is 1. The molecule has 4 rings (SSSR count). The van der Waals surface area contributed by atoms with Crippen molar-refractivity contribution in [2.24, 2.45) is 0 Å². The van der Waals surface area contributed by atoms with Crippen molar-refractivity contribution in [2.45, 2.75) is 20.9 Å².